The summed E-state index contributed by atoms with van der Waals surface area (Å²) >= 11 is 0. The molecule has 1 fully saturated rings. The Morgan fingerprint density at radius 2 is 2.21 bits per heavy atom. The number of phenolic OH excluding ortho intramolecular Hbond substituents is 1. The molecule has 1 saturated heterocycles. The van der Waals surface area contributed by atoms with E-state index in [0.29, 0.717) is 43.7 Å². The number of benzene rings is 1. The normalized spacial score (nSPS) is 17.9. The topological polar surface area (TPSA) is 128 Å². The fourth-order valence-electron chi connectivity index (χ4n) is 3.68. The van der Waals surface area contributed by atoms with Gasteiger partial charge in [-0.1, -0.05) is 12.1 Å². The summed E-state index contributed by atoms with van der Waals surface area (Å²) in [5.74, 6) is 0.977. The Bertz CT molecular complexity index is 1340. The van der Waals surface area contributed by atoms with E-state index in [4.69, 9.17) is 4.42 Å². The van der Waals surface area contributed by atoms with Crippen molar-refractivity contribution in [2.24, 2.45) is 9.98 Å². The van der Waals surface area contributed by atoms with E-state index in [-0.39, 0.29) is 5.75 Å². The second kappa shape index (κ2) is 10.2. The van der Waals surface area contributed by atoms with Crippen LogP contribution in [0.4, 0.5) is 0 Å². The van der Waals surface area contributed by atoms with Crippen molar-refractivity contribution in [1.82, 2.24) is 23.3 Å². The number of aromatic hydroxyl groups is 1. The number of fused-ring (bicyclic) bond motifs is 1. The summed E-state index contributed by atoms with van der Waals surface area (Å²) < 4.78 is 34.7. The Morgan fingerprint density at radius 1 is 1.35 bits per heavy atom. The van der Waals surface area contributed by atoms with E-state index >= 15 is 0 Å². The fourth-order valence-corrected chi connectivity index (χ4v) is 5.11. The molecule has 3 aromatic rings. The van der Waals surface area contributed by atoms with Crippen LogP contribution in [0.15, 0.2) is 57.2 Å². The predicted octanol–water partition coefficient (Wildman–Crippen LogP) is 1.84. The van der Waals surface area contributed by atoms with Crippen molar-refractivity contribution in [3.8, 4) is 17.0 Å². The summed E-state index contributed by atoms with van der Waals surface area (Å²) in [6, 6.07) is 6.85. The smallest absolute Gasteiger partial charge is 0.306 e. The van der Waals surface area contributed by atoms with Gasteiger partial charge in [0, 0.05) is 58.2 Å². The molecule has 11 nitrogen and oxygen atoms in total. The molecule has 2 aromatic heterocycles. The molecule has 0 amide bonds. The lowest BCUT2D eigenvalue weighted by Crippen LogP contribution is -2.49. The molecule has 2 N–H and O–H groups in total. The van der Waals surface area contributed by atoms with Gasteiger partial charge >= 0.3 is 5.84 Å². The van der Waals surface area contributed by atoms with E-state index < -0.39 is 10.2 Å². The highest BCUT2D eigenvalue weighted by atomic mass is 32.2. The molecule has 0 aliphatic carbocycles. The van der Waals surface area contributed by atoms with Gasteiger partial charge in [0.25, 0.3) is 10.2 Å². The lowest BCUT2D eigenvalue weighted by Gasteiger charge is -2.32. The van der Waals surface area contributed by atoms with Crippen molar-refractivity contribution in [2.45, 2.75) is 6.42 Å². The van der Waals surface area contributed by atoms with Crippen LogP contribution in [0.3, 0.4) is 0 Å². The summed E-state index contributed by atoms with van der Waals surface area (Å²) in [5.41, 5.74) is 2.18. The number of guanidine groups is 1. The second-order valence-electron chi connectivity index (χ2n) is 7.64. The maximum Gasteiger partial charge on any atom is 0.306 e. The van der Waals surface area contributed by atoms with Gasteiger partial charge in [-0.15, -0.1) is 0 Å². The monoisotopic (exact) mass is 485 g/mol. The first-order valence-electron chi connectivity index (χ1n) is 10.8. The Labute approximate surface area is 197 Å². The summed E-state index contributed by atoms with van der Waals surface area (Å²) in [6.07, 6.45) is 9.29. The van der Waals surface area contributed by atoms with Gasteiger partial charge < -0.3 is 14.8 Å². The zero-order chi connectivity index (χ0) is 24.1. The number of imidazole rings is 1. The standard InChI is InChI=1S/C22H27N7O4S/c1-23-21(25-10-13-28-12-5-11-27(2)34(28,31)32)24-9-4-8-19-20(17-6-3-7-18(30)16-17)26-22-29(19)14-15-33-22/h3-4,6-9,14-16,30H,5,10-13H2,1-2H3,(H,23,25)/b8-4+,24-9-. The summed E-state index contributed by atoms with van der Waals surface area (Å²) in [7, 11) is -0.187. The van der Waals surface area contributed by atoms with Gasteiger partial charge in [0.1, 0.15) is 17.7 Å². The quantitative estimate of drug-likeness (QED) is 0.405. The molecule has 1 aromatic carbocycles. The Kier molecular flexibility index (Phi) is 7.10. The number of hydrogen-bond acceptors (Lipinski definition) is 6. The average Bonchev–Trinajstić information content (AvgIpc) is 3.40. The van der Waals surface area contributed by atoms with E-state index in [1.807, 2.05) is 12.1 Å². The molecule has 180 valence electrons. The van der Waals surface area contributed by atoms with Crippen molar-refractivity contribution < 1.29 is 17.9 Å². The zero-order valence-electron chi connectivity index (χ0n) is 19.0. The van der Waals surface area contributed by atoms with E-state index in [1.165, 1.54) is 8.61 Å². The number of allylic oxidation sites excluding steroid dienone is 1. The maximum atomic E-state index is 12.3. The van der Waals surface area contributed by atoms with E-state index in [1.54, 1.807) is 61.4 Å². The van der Waals surface area contributed by atoms with Gasteiger partial charge in [0.15, 0.2) is 0 Å². The maximum absolute atomic E-state index is 12.3. The van der Waals surface area contributed by atoms with Gasteiger partial charge in [-0.25, -0.2) is 4.99 Å². The molecule has 0 radical (unpaired) electrons. The number of aromatic nitrogens is 2. The highest BCUT2D eigenvalue weighted by molar-refractivity contribution is 7.86. The molecule has 3 heterocycles. The van der Waals surface area contributed by atoms with Gasteiger partial charge in [-0.3, -0.25) is 9.39 Å². The minimum absolute atomic E-state index is 0.150. The minimum Gasteiger partial charge on any atom is -0.508 e. The highest BCUT2D eigenvalue weighted by Gasteiger charge is 2.30. The van der Waals surface area contributed by atoms with Crippen LogP contribution in [-0.4, -0.2) is 84.0 Å². The molecule has 34 heavy (non-hydrogen) atoms. The molecule has 4 rings (SSSR count). The van der Waals surface area contributed by atoms with Crippen LogP contribution in [0.5, 0.6) is 5.75 Å². The lowest BCUT2D eigenvalue weighted by atomic mass is 10.1. The van der Waals surface area contributed by atoms with E-state index in [0.717, 1.165) is 17.7 Å². The first kappa shape index (κ1) is 23.7. The third-order valence-electron chi connectivity index (χ3n) is 5.41. The van der Waals surface area contributed by atoms with Gasteiger partial charge in [-0.05, 0) is 30.7 Å². The fraction of sp³-hybridized carbons (Fsp3) is 0.318. The third-order valence-corrected chi connectivity index (χ3v) is 7.40. The molecule has 0 unspecified atom stereocenters. The van der Waals surface area contributed by atoms with Gasteiger partial charge in [0.05, 0.1) is 5.69 Å². The van der Waals surface area contributed by atoms with Crippen molar-refractivity contribution in [2.75, 3.05) is 40.3 Å². The van der Waals surface area contributed by atoms with Crippen molar-refractivity contribution in [3.05, 3.63) is 48.5 Å². The number of phenols is 1. The second-order valence-corrected chi connectivity index (χ2v) is 9.68. The first-order chi connectivity index (χ1) is 16.4. The number of aliphatic imine (C=N–C) groups is 2. The minimum atomic E-state index is -3.39. The lowest BCUT2D eigenvalue weighted by molar-refractivity contribution is 0.309. The van der Waals surface area contributed by atoms with Crippen molar-refractivity contribution >= 4 is 34.3 Å². The molecular formula is C22H27N7O4S. The van der Waals surface area contributed by atoms with Crippen LogP contribution in [0.1, 0.15) is 12.1 Å². The van der Waals surface area contributed by atoms with Crippen LogP contribution in [0, 0.1) is 0 Å². The van der Waals surface area contributed by atoms with E-state index in [9.17, 15) is 13.5 Å². The summed E-state index contributed by atoms with van der Waals surface area (Å²) in [6.45, 7) is 1.77. The van der Waals surface area contributed by atoms with Crippen LogP contribution in [0.25, 0.3) is 23.2 Å². The SMILES string of the molecule is C\N=C(/N=C\C=C\c1c(-c2cccc(O)c2)nc2occn12)NCCN1CCCN(C)S1(=O)=O. The van der Waals surface area contributed by atoms with E-state index in [2.05, 4.69) is 20.3 Å². The largest absolute Gasteiger partial charge is 0.508 e. The molecular weight excluding hydrogens is 458 g/mol. The Morgan fingerprint density at radius 3 is 3.00 bits per heavy atom. The molecule has 1 aliphatic rings. The van der Waals surface area contributed by atoms with Crippen LogP contribution in [0.2, 0.25) is 0 Å². The predicted molar refractivity (Wildman–Crippen MR) is 131 cm³/mol. The first-order valence-corrected chi connectivity index (χ1v) is 12.2. The molecule has 0 spiro atoms. The Hall–Kier alpha value is -3.48. The summed E-state index contributed by atoms with van der Waals surface area (Å²) in [5, 5.41) is 12.9. The molecule has 0 atom stereocenters. The van der Waals surface area contributed by atoms with Gasteiger partial charge in [-0.2, -0.15) is 22.0 Å². The van der Waals surface area contributed by atoms with Gasteiger partial charge in [0.2, 0.25) is 5.96 Å². The average molecular weight is 486 g/mol. The van der Waals surface area contributed by atoms with Crippen LogP contribution in [-0.2, 0) is 10.2 Å². The number of rotatable bonds is 6. The van der Waals surface area contributed by atoms with Crippen LogP contribution < -0.4 is 5.32 Å². The van der Waals surface area contributed by atoms with Crippen LogP contribution >= 0.6 is 0 Å². The molecule has 0 saturated carbocycles. The zero-order valence-corrected chi connectivity index (χ0v) is 19.8. The number of nitrogens with one attached hydrogen (secondary N) is 1. The number of oxazole rings is 1. The number of nitrogens with zero attached hydrogens (tertiary/aromatic N) is 6. The third kappa shape index (κ3) is 5.03. The highest BCUT2D eigenvalue weighted by Crippen LogP contribution is 2.28. The van der Waals surface area contributed by atoms with Crippen molar-refractivity contribution in [3.63, 3.8) is 0 Å². The van der Waals surface area contributed by atoms with Crippen molar-refractivity contribution in [1.29, 1.82) is 0 Å². The Balaban J connectivity index is 1.42. The number of hydrogen-bond donors (Lipinski definition) is 2. The summed E-state index contributed by atoms with van der Waals surface area (Å²) in [4.78, 5) is 12.9. The molecule has 0 bridgehead atoms. The molecule has 12 heteroatoms. The molecule has 1 aliphatic heterocycles.